The minimum Gasteiger partial charge on any atom is -0.244 e. The van der Waals surface area contributed by atoms with Gasteiger partial charge in [-0.3, -0.25) is 0 Å². The molecule has 0 bridgehead atoms. The highest BCUT2D eigenvalue weighted by atomic mass is 14.9. The summed E-state index contributed by atoms with van der Waals surface area (Å²) in [6, 6.07) is 49.3. The van der Waals surface area contributed by atoms with Gasteiger partial charge in [0.1, 0.15) is 6.33 Å². The van der Waals surface area contributed by atoms with E-state index in [4.69, 9.17) is 9.97 Å². The molecular weight excluding hydrogens is 560 g/mol. The molecule has 2 aromatic heterocycles. The van der Waals surface area contributed by atoms with Gasteiger partial charge in [0.25, 0.3) is 0 Å². The summed E-state index contributed by atoms with van der Waals surface area (Å²) in [6.07, 6.45) is 5.19. The Kier molecular flexibility index (Phi) is 6.10. The van der Waals surface area contributed by atoms with Gasteiger partial charge in [-0.25, -0.2) is 19.9 Å². The van der Waals surface area contributed by atoms with Gasteiger partial charge in [0.05, 0.1) is 11.4 Å². The van der Waals surface area contributed by atoms with E-state index >= 15 is 0 Å². The Bertz CT molecular complexity index is 2350. The molecule has 214 valence electrons. The van der Waals surface area contributed by atoms with Crippen LogP contribution in [0.2, 0.25) is 0 Å². The van der Waals surface area contributed by atoms with Crippen LogP contribution in [-0.2, 0) is 0 Å². The molecule has 0 amide bonds. The topological polar surface area (TPSA) is 51.6 Å². The lowest BCUT2D eigenvalue weighted by Gasteiger charge is -2.12. The molecule has 8 aromatic rings. The molecule has 46 heavy (non-hydrogen) atoms. The van der Waals surface area contributed by atoms with Crippen molar-refractivity contribution in [3.8, 4) is 78.4 Å². The first kappa shape index (κ1) is 26.2. The molecule has 0 atom stereocenters. The number of rotatable bonds is 5. The molecule has 4 heteroatoms. The van der Waals surface area contributed by atoms with Crippen LogP contribution < -0.4 is 0 Å². The van der Waals surface area contributed by atoms with Gasteiger partial charge in [0.2, 0.25) is 0 Å². The first-order valence-electron chi connectivity index (χ1n) is 15.4. The number of fused-ring (bicyclic) bond motifs is 3. The molecule has 9 rings (SSSR count). The Morgan fingerprint density at radius 3 is 1.57 bits per heavy atom. The molecule has 0 saturated carbocycles. The summed E-state index contributed by atoms with van der Waals surface area (Å²) in [5.41, 5.74) is 14.5. The average molecular weight is 587 g/mol. The molecule has 1 aliphatic rings. The van der Waals surface area contributed by atoms with E-state index in [1.54, 1.807) is 6.33 Å². The number of benzene rings is 6. The third-order valence-electron chi connectivity index (χ3n) is 8.87. The van der Waals surface area contributed by atoms with Crippen LogP contribution in [0.15, 0.2) is 158 Å². The van der Waals surface area contributed by atoms with Crippen molar-refractivity contribution in [2.24, 2.45) is 0 Å². The molecule has 1 aliphatic carbocycles. The minimum atomic E-state index is 0.699. The van der Waals surface area contributed by atoms with E-state index in [1.807, 2.05) is 30.6 Å². The van der Waals surface area contributed by atoms with Gasteiger partial charge in [0, 0.05) is 34.6 Å². The number of hydrogen-bond acceptors (Lipinski definition) is 4. The summed E-state index contributed by atoms with van der Waals surface area (Å²) in [5.74, 6) is 0.699. The molecule has 2 heterocycles. The summed E-state index contributed by atoms with van der Waals surface area (Å²) in [6.45, 7) is 0. The van der Waals surface area contributed by atoms with Gasteiger partial charge in [0.15, 0.2) is 5.82 Å². The first-order valence-corrected chi connectivity index (χ1v) is 15.4. The second kappa shape index (κ2) is 10.7. The summed E-state index contributed by atoms with van der Waals surface area (Å²) < 4.78 is 0. The standard InChI is InChI=1S/C42H26N4/c1-2-7-31(8-3-1)42-45-39(29-17-13-27(14-18-29)32-24-43-26-44-25-32)23-40(46-42)30-19-15-28(16-20-30)33-21-22-38-35-10-5-4-9-34(35)37-12-6-11-36(33)41(37)38/h1-26H. The van der Waals surface area contributed by atoms with E-state index in [1.165, 1.54) is 44.2 Å². The normalized spacial score (nSPS) is 11.5. The molecule has 4 nitrogen and oxygen atoms in total. The van der Waals surface area contributed by atoms with Crippen LogP contribution in [0, 0.1) is 0 Å². The highest BCUT2D eigenvalue weighted by molar-refractivity contribution is 6.18. The van der Waals surface area contributed by atoms with Gasteiger partial charge in [-0.05, 0) is 55.8 Å². The molecule has 0 fully saturated rings. The molecule has 0 radical (unpaired) electrons. The van der Waals surface area contributed by atoms with Gasteiger partial charge in [-0.1, -0.05) is 133 Å². The summed E-state index contributed by atoms with van der Waals surface area (Å²) in [7, 11) is 0. The van der Waals surface area contributed by atoms with Crippen molar-refractivity contribution >= 4 is 10.8 Å². The van der Waals surface area contributed by atoms with Crippen LogP contribution in [0.5, 0.6) is 0 Å². The lowest BCUT2D eigenvalue weighted by molar-refractivity contribution is 1.17. The average Bonchev–Trinajstić information content (AvgIpc) is 3.47. The van der Waals surface area contributed by atoms with E-state index in [9.17, 15) is 0 Å². The van der Waals surface area contributed by atoms with Crippen molar-refractivity contribution < 1.29 is 0 Å². The van der Waals surface area contributed by atoms with Crippen molar-refractivity contribution in [2.75, 3.05) is 0 Å². The molecule has 0 N–H and O–H groups in total. The zero-order valence-electron chi connectivity index (χ0n) is 24.8. The number of aromatic nitrogens is 4. The van der Waals surface area contributed by atoms with Crippen LogP contribution in [0.3, 0.4) is 0 Å². The largest absolute Gasteiger partial charge is 0.244 e. The van der Waals surface area contributed by atoms with Gasteiger partial charge < -0.3 is 0 Å². The quantitative estimate of drug-likeness (QED) is 0.201. The maximum absolute atomic E-state index is 5.04. The summed E-state index contributed by atoms with van der Waals surface area (Å²) >= 11 is 0. The molecule has 0 unspecified atom stereocenters. The Balaban J connectivity index is 1.11. The Morgan fingerprint density at radius 2 is 0.891 bits per heavy atom. The zero-order chi connectivity index (χ0) is 30.5. The predicted octanol–water partition coefficient (Wildman–Crippen LogP) is 10.4. The van der Waals surface area contributed by atoms with Crippen molar-refractivity contribution in [3.63, 3.8) is 0 Å². The second-order valence-electron chi connectivity index (χ2n) is 11.5. The number of hydrogen-bond donors (Lipinski definition) is 0. The molecular formula is C42H26N4. The van der Waals surface area contributed by atoms with Crippen molar-refractivity contribution in [1.29, 1.82) is 0 Å². The fraction of sp³-hybridized carbons (Fsp3) is 0. The maximum Gasteiger partial charge on any atom is 0.160 e. The van der Waals surface area contributed by atoms with E-state index in [2.05, 4.69) is 131 Å². The smallest absolute Gasteiger partial charge is 0.160 e. The monoisotopic (exact) mass is 586 g/mol. The van der Waals surface area contributed by atoms with Crippen molar-refractivity contribution in [3.05, 3.63) is 158 Å². The van der Waals surface area contributed by atoms with Gasteiger partial charge in [-0.2, -0.15) is 0 Å². The van der Waals surface area contributed by atoms with Crippen LogP contribution in [-0.4, -0.2) is 19.9 Å². The van der Waals surface area contributed by atoms with E-state index in [0.29, 0.717) is 5.82 Å². The van der Waals surface area contributed by atoms with Crippen LogP contribution in [0.25, 0.3) is 89.2 Å². The Hall–Kier alpha value is -6.26. The molecule has 6 aromatic carbocycles. The molecule has 0 spiro atoms. The van der Waals surface area contributed by atoms with Crippen LogP contribution >= 0.6 is 0 Å². The number of nitrogens with zero attached hydrogens (tertiary/aromatic N) is 4. The lowest BCUT2D eigenvalue weighted by atomic mass is 9.93. The van der Waals surface area contributed by atoms with E-state index < -0.39 is 0 Å². The third-order valence-corrected chi connectivity index (χ3v) is 8.87. The Labute approximate surface area is 266 Å². The fourth-order valence-corrected chi connectivity index (χ4v) is 6.62. The lowest BCUT2D eigenvalue weighted by Crippen LogP contribution is -1.96. The fourth-order valence-electron chi connectivity index (χ4n) is 6.62. The van der Waals surface area contributed by atoms with Gasteiger partial charge >= 0.3 is 0 Å². The van der Waals surface area contributed by atoms with Crippen LogP contribution in [0.4, 0.5) is 0 Å². The van der Waals surface area contributed by atoms with Crippen LogP contribution in [0.1, 0.15) is 0 Å². The van der Waals surface area contributed by atoms with Gasteiger partial charge in [-0.15, -0.1) is 0 Å². The maximum atomic E-state index is 5.04. The molecule has 0 aliphatic heterocycles. The second-order valence-corrected chi connectivity index (χ2v) is 11.5. The van der Waals surface area contributed by atoms with E-state index in [-0.39, 0.29) is 0 Å². The first-order chi connectivity index (χ1) is 22.8. The van der Waals surface area contributed by atoms with Crippen molar-refractivity contribution in [2.45, 2.75) is 0 Å². The van der Waals surface area contributed by atoms with E-state index in [0.717, 1.165) is 39.2 Å². The zero-order valence-corrected chi connectivity index (χ0v) is 24.8. The predicted molar refractivity (Wildman–Crippen MR) is 187 cm³/mol. The Morgan fingerprint density at radius 1 is 0.348 bits per heavy atom. The SMILES string of the molecule is c1ccc(-c2nc(-c3ccc(-c4cncnc4)cc3)cc(-c3ccc(-c4ccc5c6c(cccc46)-c4ccccc4-5)cc3)n2)cc1. The highest BCUT2D eigenvalue weighted by Crippen LogP contribution is 2.49. The summed E-state index contributed by atoms with van der Waals surface area (Å²) in [5, 5.41) is 2.61. The highest BCUT2D eigenvalue weighted by Gasteiger charge is 2.22. The summed E-state index contributed by atoms with van der Waals surface area (Å²) in [4.78, 5) is 18.4. The van der Waals surface area contributed by atoms with Crippen molar-refractivity contribution in [1.82, 2.24) is 19.9 Å². The minimum absolute atomic E-state index is 0.699. The third kappa shape index (κ3) is 4.39. The molecule has 0 saturated heterocycles.